The van der Waals surface area contributed by atoms with E-state index < -0.39 is 0 Å². The molecule has 1 saturated carbocycles. The van der Waals surface area contributed by atoms with E-state index in [2.05, 4.69) is 36.8 Å². The zero-order chi connectivity index (χ0) is 11.7. The van der Waals surface area contributed by atoms with E-state index in [-0.39, 0.29) is 0 Å². The van der Waals surface area contributed by atoms with Crippen molar-refractivity contribution in [3.63, 3.8) is 0 Å². The zero-order valence-electron chi connectivity index (χ0n) is 9.17. The lowest BCUT2D eigenvalue weighted by molar-refractivity contribution is 0.637. The monoisotopic (exact) mass is 293 g/mol. The Balaban J connectivity index is 1.86. The van der Waals surface area contributed by atoms with Crippen molar-refractivity contribution < 1.29 is 0 Å². The summed E-state index contributed by atoms with van der Waals surface area (Å²) < 4.78 is 2.75. The summed E-state index contributed by atoms with van der Waals surface area (Å²) in [6.07, 6.45) is 2.52. The third-order valence-corrected chi connectivity index (χ3v) is 3.41. The summed E-state index contributed by atoms with van der Waals surface area (Å²) in [4.78, 5) is 0. The Kier molecular flexibility index (Phi) is 2.90. The molecule has 1 fully saturated rings. The number of para-hydroxylation sites is 1. The standard InChI is InChI=1S/C11H12BrN5/c12-9-3-1-2-4-10(9)17-11(14-15-16-17)7-13-8-5-6-8/h1-4,8,13H,5-7H2. The number of nitrogens with one attached hydrogen (secondary N) is 1. The summed E-state index contributed by atoms with van der Waals surface area (Å²) in [7, 11) is 0. The molecule has 0 atom stereocenters. The molecule has 0 amide bonds. The lowest BCUT2D eigenvalue weighted by atomic mass is 10.3. The predicted octanol–water partition coefficient (Wildman–Crippen LogP) is 1.68. The van der Waals surface area contributed by atoms with Crippen molar-refractivity contribution >= 4 is 15.9 Å². The number of hydrogen-bond donors (Lipinski definition) is 1. The molecular weight excluding hydrogens is 282 g/mol. The number of aromatic nitrogens is 4. The summed E-state index contributed by atoms with van der Waals surface area (Å²) in [5, 5.41) is 15.2. The molecule has 2 aromatic rings. The van der Waals surface area contributed by atoms with Gasteiger partial charge in [-0.05, 0) is 51.3 Å². The fourth-order valence-electron chi connectivity index (χ4n) is 1.65. The first-order valence-corrected chi connectivity index (χ1v) is 6.39. The zero-order valence-corrected chi connectivity index (χ0v) is 10.8. The van der Waals surface area contributed by atoms with Gasteiger partial charge in [0.15, 0.2) is 5.82 Å². The highest BCUT2D eigenvalue weighted by Crippen LogP contribution is 2.21. The summed E-state index contributed by atoms with van der Waals surface area (Å²) in [5.41, 5.74) is 0.963. The highest BCUT2D eigenvalue weighted by Gasteiger charge is 2.21. The van der Waals surface area contributed by atoms with Crippen LogP contribution in [0.2, 0.25) is 0 Å². The van der Waals surface area contributed by atoms with Crippen LogP contribution in [0.1, 0.15) is 18.7 Å². The molecule has 1 aliphatic rings. The Morgan fingerprint density at radius 1 is 1.35 bits per heavy atom. The van der Waals surface area contributed by atoms with Crippen molar-refractivity contribution in [2.75, 3.05) is 0 Å². The van der Waals surface area contributed by atoms with E-state index in [1.807, 2.05) is 24.3 Å². The molecule has 1 N–H and O–H groups in total. The van der Waals surface area contributed by atoms with Crippen LogP contribution < -0.4 is 5.32 Å². The Hall–Kier alpha value is -1.27. The minimum Gasteiger partial charge on any atom is -0.307 e. The highest BCUT2D eigenvalue weighted by atomic mass is 79.9. The number of halogens is 1. The summed E-state index contributed by atoms with van der Waals surface area (Å²) in [6, 6.07) is 8.56. The lowest BCUT2D eigenvalue weighted by Gasteiger charge is -2.06. The fraction of sp³-hybridized carbons (Fsp3) is 0.364. The van der Waals surface area contributed by atoms with E-state index in [1.165, 1.54) is 12.8 Å². The van der Waals surface area contributed by atoms with Crippen LogP contribution >= 0.6 is 15.9 Å². The Morgan fingerprint density at radius 3 is 2.94 bits per heavy atom. The molecule has 0 radical (unpaired) electrons. The van der Waals surface area contributed by atoms with E-state index in [0.29, 0.717) is 12.6 Å². The van der Waals surface area contributed by atoms with Crippen molar-refractivity contribution in [3.8, 4) is 5.69 Å². The largest absolute Gasteiger partial charge is 0.307 e. The number of rotatable bonds is 4. The van der Waals surface area contributed by atoms with E-state index in [9.17, 15) is 0 Å². The van der Waals surface area contributed by atoms with Crippen molar-refractivity contribution in [3.05, 3.63) is 34.6 Å². The molecule has 0 aliphatic heterocycles. The molecule has 1 aliphatic carbocycles. The summed E-state index contributed by atoms with van der Waals surface area (Å²) >= 11 is 3.51. The maximum Gasteiger partial charge on any atom is 0.170 e. The molecule has 17 heavy (non-hydrogen) atoms. The van der Waals surface area contributed by atoms with Gasteiger partial charge in [-0.2, -0.15) is 4.68 Å². The lowest BCUT2D eigenvalue weighted by Crippen LogP contribution is -2.19. The number of hydrogen-bond acceptors (Lipinski definition) is 4. The first-order valence-electron chi connectivity index (χ1n) is 5.60. The Labute approximate surface area is 107 Å². The van der Waals surface area contributed by atoms with Crippen LogP contribution in [-0.4, -0.2) is 26.2 Å². The molecule has 0 bridgehead atoms. The Bertz CT molecular complexity index is 520. The van der Waals surface area contributed by atoms with Gasteiger partial charge < -0.3 is 5.32 Å². The molecule has 88 valence electrons. The minimum absolute atomic E-state index is 0.652. The van der Waals surface area contributed by atoms with Crippen LogP contribution in [0.25, 0.3) is 5.69 Å². The summed E-state index contributed by atoms with van der Waals surface area (Å²) in [5.74, 6) is 0.837. The van der Waals surface area contributed by atoms with Crippen LogP contribution in [0.5, 0.6) is 0 Å². The third-order valence-electron chi connectivity index (χ3n) is 2.74. The molecular formula is C11H12BrN5. The van der Waals surface area contributed by atoms with Crippen LogP contribution in [0, 0.1) is 0 Å². The second-order valence-corrected chi connectivity index (χ2v) is 4.97. The topological polar surface area (TPSA) is 55.6 Å². The predicted molar refractivity (Wildman–Crippen MR) is 66.7 cm³/mol. The molecule has 1 heterocycles. The van der Waals surface area contributed by atoms with Crippen molar-refractivity contribution in [2.24, 2.45) is 0 Å². The minimum atomic E-state index is 0.652. The van der Waals surface area contributed by atoms with Gasteiger partial charge in [0, 0.05) is 10.5 Å². The first-order chi connectivity index (χ1) is 8.34. The van der Waals surface area contributed by atoms with Crippen LogP contribution in [-0.2, 0) is 6.54 Å². The van der Waals surface area contributed by atoms with Gasteiger partial charge >= 0.3 is 0 Å². The van der Waals surface area contributed by atoms with E-state index >= 15 is 0 Å². The maximum atomic E-state index is 4.05. The molecule has 1 aromatic carbocycles. The van der Waals surface area contributed by atoms with E-state index in [4.69, 9.17) is 0 Å². The Morgan fingerprint density at radius 2 is 2.18 bits per heavy atom. The van der Waals surface area contributed by atoms with Gasteiger partial charge in [-0.1, -0.05) is 12.1 Å². The van der Waals surface area contributed by atoms with Crippen molar-refractivity contribution in [1.82, 2.24) is 25.5 Å². The van der Waals surface area contributed by atoms with Gasteiger partial charge in [0.25, 0.3) is 0 Å². The maximum absolute atomic E-state index is 4.05. The molecule has 0 unspecified atom stereocenters. The van der Waals surface area contributed by atoms with Gasteiger partial charge in [-0.25, -0.2) is 0 Å². The van der Waals surface area contributed by atoms with Crippen molar-refractivity contribution in [1.29, 1.82) is 0 Å². The number of nitrogens with zero attached hydrogens (tertiary/aromatic N) is 4. The quantitative estimate of drug-likeness (QED) is 0.932. The van der Waals surface area contributed by atoms with Crippen LogP contribution in [0.4, 0.5) is 0 Å². The normalized spacial score (nSPS) is 15.1. The summed E-state index contributed by atoms with van der Waals surface area (Å²) in [6.45, 7) is 0.707. The van der Waals surface area contributed by atoms with Gasteiger partial charge in [-0.15, -0.1) is 5.10 Å². The molecule has 0 saturated heterocycles. The van der Waals surface area contributed by atoms with Crippen LogP contribution in [0.15, 0.2) is 28.7 Å². The van der Waals surface area contributed by atoms with Gasteiger partial charge in [0.05, 0.1) is 12.2 Å². The molecule has 3 rings (SSSR count). The molecule has 1 aromatic heterocycles. The van der Waals surface area contributed by atoms with E-state index in [0.717, 1.165) is 16.0 Å². The third kappa shape index (κ3) is 2.37. The molecule has 0 spiro atoms. The van der Waals surface area contributed by atoms with Gasteiger partial charge in [0.1, 0.15) is 0 Å². The number of benzene rings is 1. The first kappa shape index (κ1) is 10.9. The smallest absolute Gasteiger partial charge is 0.170 e. The van der Waals surface area contributed by atoms with Gasteiger partial charge in [-0.3, -0.25) is 0 Å². The molecule has 5 nitrogen and oxygen atoms in total. The second-order valence-electron chi connectivity index (χ2n) is 4.11. The molecule has 6 heteroatoms. The number of tetrazole rings is 1. The average Bonchev–Trinajstić information content (AvgIpc) is 3.06. The van der Waals surface area contributed by atoms with Crippen molar-refractivity contribution in [2.45, 2.75) is 25.4 Å². The van der Waals surface area contributed by atoms with Gasteiger partial charge in [0.2, 0.25) is 0 Å². The highest BCUT2D eigenvalue weighted by molar-refractivity contribution is 9.10. The second kappa shape index (κ2) is 4.54. The SMILES string of the molecule is Brc1ccccc1-n1nnnc1CNC1CC1. The average molecular weight is 294 g/mol. The fourth-order valence-corrected chi connectivity index (χ4v) is 2.10. The van der Waals surface area contributed by atoms with Crippen LogP contribution in [0.3, 0.4) is 0 Å². The van der Waals surface area contributed by atoms with E-state index in [1.54, 1.807) is 4.68 Å².